The van der Waals surface area contributed by atoms with Crippen molar-refractivity contribution < 1.29 is 13.9 Å². The Labute approximate surface area is 150 Å². The van der Waals surface area contributed by atoms with Crippen molar-refractivity contribution in [2.45, 2.75) is 26.0 Å². The molecule has 1 aromatic heterocycles. The summed E-state index contributed by atoms with van der Waals surface area (Å²) in [5.41, 5.74) is 0.703. The van der Waals surface area contributed by atoms with E-state index in [1.54, 1.807) is 7.11 Å². The van der Waals surface area contributed by atoms with E-state index in [9.17, 15) is 14.0 Å². The molecule has 0 bridgehead atoms. The summed E-state index contributed by atoms with van der Waals surface area (Å²) >= 11 is 0. The van der Waals surface area contributed by atoms with Gasteiger partial charge in [-0.15, -0.1) is 0 Å². The Bertz CT molecular complexity index is 829. The van der Waals surface area contributed by atoms with Gasteiger partial charge in [0.2, 0.25) is 11.9 Å². The largest absolute Gasteiger partial charge is 0.378 e. The lowest BCUT2D eigenvalue weighted by Crippen LogP contribution is -2.34. The second-order valence-corrected chi connectivity index (χ2v) is 6.15. The number of hydrogen-bond donors (Lipinski definition) is 1. The predicted octanol–water partition coefficient (Wildman–Crippen LogP) is 1.77. The Morgan fingerprint density at radius 1 is 1.27 bits per heavy atom. The third kappa shape index (κ3) is 4.26. The summed E-state index contributed by atoms with van der Waals surface area (Å²) in [5, 5.41) is 2.67. The van der Waals surface area contributed by atoms with Gasteiger partial charge in [-0.3, -0.25) is 14.2 Å². The number of nitrogens with zero attached hydrogens (tertiary/aromatic N) is 3. The minimum absolute atomic E-state index is 0.164. The van der Waals surface area contributed by atoms with Crippen molar-refractivity contribution in [1.29, 1.82) is 0 Å². The van der Waals surface area contributed by atoms with Crippen LogP contribution in [0.5, 0.6) is 0 Å². The van der Waals surface area contributed by atoms with Crippen molar-refractivity contribution in [2.75, 3.05) is 30.4 Å². The summed E-state index contributed by atoms with van der Waals surface area (Å²) in [4.78, 5) is 31.4. The fourth-order valence-corrected chi connectivity index (χ4v) is 2.95. The van der Waals surface area contributed by atoms with Gasteiger partial charge in [0.1, 0.15) is 12.4 Å². The molecule has 0 spiro atoms. The number of carbonyl (C=O) groups is 1. The van der Waals surface area contributed by atoms with E-state index in [1.165, 1.54) is 34.9 Å². The molecule has 1 saturated heterocycles. The predicted molar refractivity (Wildman–Crippen MR) is 95.7 cm³/mol. The maximum absolute atomic E-state index is 13.0. The molecule has 0 saturated carbocycles. The molecule has 1 aromatic carbocycles. The maximum Gasteiger partial charge on any atom is 0.255 e. The van der Waals surface area contributed by atoms with Crippen LogP contribution < -0.4 is 15.8 Å². The summed E-state index contributed by atoms with van der Waals surface area (Å²) in [5.74, 6) is -0.273. The van der Waals surface area contributed by atoms with E-state index < -0.39 is 0 Å². The fraction of sp³-hybridized carbons (Fsp3) is 0.389. The highest BCUT2D eigenvalue weighted by atomic mass is 19.1. The molecular weight excluding hydrogens is 339 g/mol. The summed E-state index contributed by atoms with van der Waals surface area (Å²) in [6.07, 6.45) is 2.04. The molecule has 1 fully saturated rings. The van der Waals surface area contributed by atoms with Gasteiger partial charge in [-0.25, -0.2) is 9.37 Å². The first-order valence-corrected chi connectivity index (χ1v) is 8.47. The standard InChI is InChI=1S/C18H21FN4O3/c1-26-12-15-10-17(25)23(18(21-15)22-8-2-3-9-22)11-16(24)20-14-6-4-13(19)5-7-14/h4-7,10H,2-3,8-9,11-12H2,1H3,(H,20,24). The van der Waals surface area contributed by atoms with E-state index in [0.717, 1.165) is 25.9 Å². The zero-order chi connectivity index (χ0) is 18.5. The van der Waals surface area contributed by atoms with E-state index in [2.05, 4.69) is 10.3 Å². The maximum atomic E-state index is 13.0. The lowest BCUT2D eigenvalue weighted by Gasteiger charge is -2.21. The van der Waals surface area contributed by atoms with Crippen molar-refractivity contribution in [1.82, 2.24) is 9.55 Å². The molecule has 2 heterocycles. The van der Waals surface area contributed by atoms with Gasteiger partial charge >= 0.3 is 0 Å². The number of anilines is 2. The third-order valence-electron chi connectivity index (χ3n) is 4.15. The average Bonchev–Trinajstić information content (AvgIpc) is 3.14. The number of halogens is 1. The Hall–Kier alpha value is -2.74. The molecular formula is C18H21FN4O3. The van der Waals surface area contributed by atoms with E-state index in [1.807, 2.05) is 4.90 Å². The first kappa shape index (κ1) is 18.1. The van der Waals surface area contributed by atoms with Crippen LogP contribution >= 0.6 is 0 Å². The number of carbonyl (C=O) groups excluding carboxylic acids is 1. The van der Waals surface area contributed by atoms with E-state index >= 15 is 0 Å². The summed E-state index contributed by atoms with van der Waals surface area (Å²) in [7, 11) is 1.54. The Morgan fingerprint density at radius 3 is 2.62 bits per heavy atom. The summed E-state index contributed by atoms with van der Waals surface area (Å²) in [6, 6.07) is 6.85. The molecule has 1 amide bonds. The molecule has 0 unspecified atom stereocenters. The lowest BCUT2D eigenvalue weighted by molar-refractivity contribution is -0.116. The quantitative estimate of drug-likeness (QED) is 0.850. The van der Waals surface area contributed by atoms with Gasteiger partial charge in [0.05, 0.1) is 12.3 Å². The van der Waals surface area contributed by atoms with E-state index in [-0.39, 0.29) is 30.4 Å². The van der Waals surface area contributed by atoms with Crippen LogP contribution in [0, 0.1) is 5.82 Å². The molecule has 3 rings (SSSR count). The molecule has 26 heavy (non-hydrogen) atoms. The normalized spacial score (nSPS) is 13.8. The van der Waals surface area contributed by atoms with Crippen LogP contribution in [0.4, 0.5) is 16.0 Å². The number of ether oxygens (including phenoxy) is 1. The monoisotopic (exact) mass is 360 g/mol. The van der Waals surface area contributed by atoms with Crippen LogP contribution in [0.1, 0.15) is 18.5 Å². The molecule has 2 aromatic rings. The minimum atomic E-state index is -0.381. The van der Waals surface area contributed by atoms with E-state index in [4.69, 9.17) is 4.74 Å². The number of methoxy groups -OCH3 is 1. The highest BCUT2D eigenvalue weighted by Gasteiger charge is 2.20. The molecule has 8 heteroatoms. The summed E-state index contributed by atoms with van der Waals surface area (Å²) < 4.78 is 19.4. The average molecular weight is 360 g/mol. The van der Waals surface area contributed by atoms with Gasteiger partial charge < -0.3 is 15.0 Å². The first-order chi connectivity index (χ1) is 12.6. The second-order valence-electron chi connectivity index (χ2n) is 6.15. The van der Waals surface area contributed by atoms with Crippen molar-refractivity contribution in [3.05, 3.63) is 52.2 Å². The van der Waals surface area contributed by atoms with Gasteiger partial charge in [-0.2, -0.15) is 0 Å². The fourth-order valence-electron chi connectivity index (χ4n) is 2.95. The highest BCUT2D eigenvalue weighted by molar-refractivity contribution is 5.90. The third-order valence-corrected chi connectivity index (χ3v) is 4.15. The Morgan fingerprint density at radius 2 is 1.96 bits per heavy atom. The Kier molecular flexibility index (Phi) is 5.62. The SMILES string of the molecule is COCc1cc(=O)n(CC(=O)Nc2ccc(F)cc2)c(N2CCCC2)n1. The van der Waals surface area contributed by atoms with Crippen LogP contribution in [0.2, 0.25) is 0 Å². The van der Waals surface area contributed by atoms with E-state index in [0.29, 0.717) is 17.3 Å². The van der Waals surface area contributed by atoms with Crippen LogP contribution in [0.25, 0.3) is 0 Å². The molecule has 1 aliphatic heterocycles. The van der Waals surface area contributed by atoms with Crippen molar-refractivity contribution >= 4 is 17.5 Å². The van der Waals surface area contributed by atoms with Gasteiger partial charge in [-0.1, -0.05) is 0 Å². The molecule has 1 N–H and O–H groups in total. The van der Waals surface area contributed by atoms with Crippen LogP contribution in [0.3, 0.4) is 0 Å². The molecule has 0 radical (unpaired) electrons. The zero-order valence-electron chi connectivity index (χ0n) is 14.6. The van der Waals surface area contributed by atoms with Crippen molar-refractivity contribution in [2.24, 2.45) is 0 Å². The molecule has 0 aliphatic carbocycles. The highest BCUT2D eigenvalue weighted by Crippen LogP contribution is 2.17. The first-order valence-electron chi connectivity index (χ1n) is 8.47. The number of nitrogens with one attached hydrogen (secondary N) is 1. The topological polar surface area (TPSA) is 76.5 Å². The molecule has 0 atom stereocenters. The lowest BCUT2D eigenvalue weighted by atomic mass is 10.3. The molecule has 1 aliphatic rings. The smallest absolute Gasteiger partial charge is 0.255 e. The van der Waals surface area contributed by atoms with Crippen LogP contribution in [-0.2, 0) is 22.7 Å². The summed E-state index contributed by atoms with van der Waals surface area (Å²) in [6.45, 7) is 1.66. The molecule has 138 valence electrons. The number of amides is 1. The van der Waals surface area contributed by atoms with Crippen LogP contribution in [-0.4, -0.2) is 35.7 Å². The minimum Gasteiger partial charge on any atom is -0.378 e. The van der Waals surface area contributed by atoms with Crippen molar-refractivity contribution in [3.8, 4) is 0 Å². The Balaban J connectivity index is 1.84. The van der Waals surface area contributed by atoms with Crippen LogP contribution in [0.15, 0.2) is 35.1 Å². The van der Waals surface area contributed by atoms with Gasteiger partial charge in [-0.05, 0) is 37.1 Å². The van der Waals surface area contributed by atoms with Gasteiger partial charge in [0.15, 0.2) is 0 Å². The number of aromatic nitrogens is 2. The number of hydrogen-bond acceptors (Lipinski definition) is 5. The van der Waals surface area contributed by atoms with Crippen molar-refractivity contribution in [3.63, 3.8) is 0 Å². The second kappa shape index (κ2) is 8.09. The molecule has 7 nitrogen and oxygen atoms in total. The zero-order valence-corrected chi connectivity index (χ0v) is 14.6. The number of rotatable bonds is 6. The van der Waals surface area contributed by atoms with Gasteiger partial charge in [0.25, 0.3) is 5.56 Å². The van der Waals surface area contributed by atoms with Gasteiger partial charge in [0, 0.05) is 32.0 Å². The number of benzene rings is 1.